The minimum absolute atomic E-state index is 0.0383. The molecule has 1 saturated carbocycles. The fourth-order valence-electron chi connectivity index (χ4n) is 5.81. The Morgan fingerprint density at radius 3 is 2.94 bits per heavy atom. The van der Waals surface area contributed by atoms with E-state index in [1.807, 2.05) is 0 Å². The smallest absolute Gasteiger partial charge is 0.192 e. The lowest BCUT2D eigenvalue weighted by Crippen LogP contribution is -2.50. The van der Waals surface area contributed by atoms with Crippen LogP contribution in [0.3, 0.4) is 0 Å². The monoisotopic (exact) mass is 453 g/mol. The summed E-state index contributed by atoms with van der Waals surface area (Å²) < 4.78 is 30.0. The molecule has 0 aliphatic heterocycles. The van der Waals surface area contributed by atoms with Crippen molar-refractivity contribution in [3.63, 3.8) is 0 Å². The van der Waals surface area contributed by atoms with Gasteiger partial charge in [0.05, 0.1) is 11.0 Å². The maximum absolute atomic E-state index is 12.0. The van der Waals surface area contributed by atoms with Gasteiger partial charge in [-0.05, 0) is 50.0 Å². The van der Waals surface area contributed by atoms with Crippen molar-refractivity contribution < 1.29 is 12.9 Å². The zero-order chi connectivity index (χ0) is 21.5. The van der Waals surface area contributed by atoms with Gasteiger partial charge in [0.2, 0.25) is 0 Å². The Morgan fingerprint density at radius 1 is 1.39 bits per heavy atom. The third-order valence-corrected chi connectivity index (χ3v) is 9.21. The number of sulfone groups is 1. The summed E-state index contributed by atoms with van der Waals surface area (Å²) in [6.07, 6.45) is 7.31. The molecule has 0 aromatic carbocycles. The van der Waals surface area contributed by atoms with E-state index in [-0.39, 0.29) is 16.8 Å². The molecule has 2 N–H and O–H groups in total. The molecule has 158 valence electrons. The third-order valence-electron chi connectivity index (χ3n) is 7.14. The maximum Gasteiger partial charge on any atom is 0.192 e. The van der Waals surface area contributed by atoms with E-state index in [0.717, 1.165) is 55.2 Å². The fourth-order valence-corrected chi connectivity index (χ4v) is 7.52. The molecule has 4 aliphatic rings. The number of nitrogens with two attached hydrogens (primary N) is 1. The highest BCUT2D eigenvalue weighted by atomic mass is 32.2. The molecule has 3 heterocycles. The van der Waals surface area contributed by atoms with E-state index < -0.39 is 15.3 Å². The van der Waals surface area contributed by atoms with Crippen LogP contribution in [0.25, 0.3) is 11.5 Å². The van der Waals surface area contributed by atoms with Crippen LogP contribution >= 0.6 is 11.3 Å². The topological polar surface area (TPSA) is 136 Å². The predicted octanol–water partition coefficient (Wildman–Crippen LogP) is 3.18. The van der Waals surface area contributed by atoms with Crippen molar-refractivity contribution in [1.29, 1.82) is 5.26 Å². The normalized spacial score (nSPS) is 26.1. The molecular formula is C21H19N5O3S2. The number of thiophene rings is 1. The van der Waals surface area contributed by atoms with Gasteiger partial charge in [0.1, 0.15) is 11.1 Å². The minimum Gasteiger partial charge on any atom is -0.389 e. The van der Waals surface area contributed by atoms with E-state index in [0.29, 0.717) is 22.2 Å². The lowest BCUT2D eigenvalue weighted by molar-refractivity contribution is 0.0932. The zero-order valence-electron chi connectivity index (χ0n) is 16.8. The van der Waals surface area contributed by atoms with Crippen molar-refractivity contribution >= 4 is 26.2 Å². The van der Waals surface area contributed by atoms with E-state index in [9.17, 15) is 13.7 Å². The molecule has 1 fully saturated rings. The van der Waals surface area contributed by atoms with Crippen LogP contribution in [0, 0.1) is 17.2 Å². The highest BCUT2D eigenvalue weighted by molar-refractivity contribution is 7.90. The lowest BCUT2D eigenvalue weighted by Gasteiger charge is -2.54. The van der Waals surface area contributed by atoms with Crippen LogP contribution in [0.15, 0.2) is 21.8 Å². The molecule has 4 aliphatic carbocycles. The highest BCUT2D eigenvalue weighted by Gasteiger charge is 2.61. The van der Waals surface area contributed by atoms with Gasteiger partial charge in [0, 0.05) is 28.5 Å². The minimum atomic E-state index is -3.47. The molecule has 8 nitrogen and oxygen atoms in total. The number of hydrogen-bond donors (Lipinski definition) is 1. The van der Waals surface area contributed by atoms with E-state index in [1.54, 1.807) is 0 Å². The second-order valence-electron chi connectivity index (χ2n) is 8.71. The Bertz CT molecular complexity index is 1390. The van der Waals surface area contributed by atoms with Gasteiger partial charge in [0.15, 0.2) is 32.1 Å². The predicted molar refractivity (Wildman–Crippen MR) is 113 cm³/mol. The number of fused-ring (bicyclic) bond motifs is 1. The molecule has 1 atom stereocenters. The van der Waals surface area contributed by atoms with Gasteiger partial charge >= 0.3 is 0 Å². The second-order valence-corrected chi connectivity index (χ2v) is 11.8. The van der Waals surface area contributed by atoms with Crippen LogP contribution < -0.4 is 5.73 Å². The second kappa shape index (κ2) is 6.14. The van der Waals surface area contributed by atoms with E-state index in [2.05, 4.69) is 21.2 Å². The zero-order valence-corrected chi connectivity index (χ0v) is 18.4. The summed E-state index contributed by atoms with van der Waals surface area (Å²) in [5.41, 5.74) is 8.90. The number of nitrogens with zero attached hydrogens (tertiary/aromatic N) is 4. The average Bonchev–Trinajstić information content (AvgIpc) is 3.29. The summed E-state index contributed by atoms with van der Waals surface area (Å²) in [5.74, 6) is 1.71. The first-order chi connectivity index (χ1) is 14.8. The van der Waals surface area contributed by atoms with E-state index >= 15 is 0 Å². The average molecular weight is 454 g/mol. The number of aromatic nitrogens is 3. The quantitative estimate of drug-likeness (QED) is 0.584. The van der Waals surface area contributed by atoms with Crippen LogP contribution in [0.4, 0.5) is 5.00 Å². The highest BCUT2D eigenvalue weighted by Crippen LogP contribution is 2.67. The molecule has 31 heavy (non-hydrogen) atoms. The number of anilines is 1. The molecule has 3 aromatic rings. The van der Waals surface area contributed by atoms with Crippen LogP contribution in [0.1, 0.15) is 58.9 Å². The van der Waals surface area contributed by atoms with Crippen molar-refractivity contribution in [2.24, 2.45) is 5.92 Å². The SMILES string of the molecule is CS(=O)(=O)c1ccnc(-c2noc3c2C2CC(C2)C32CCCc3sc(N)c(C#N)c32)n1. The van der Waals surface area contributed by atoms with Crippen LogP contribution in [-0.4, -0.2) is 29.8 Å². The van der Waals surface area contributed by atoms with Gasteiger partial charge < -0.3 is 10.3 Å². The van der Waals surface area contributed by atoms with Crippen molar-refractivity contribution in [3.8, 4) is 17.6 Å². The first-order valence-corrected chi connectivity index (χ1v) is 12.9. The Hall–Kier alpha value is -2.77. The third kappa shape index (κ3) is 2.39. The molecule has 1 unspecified atom stereocenters. The number of aryl methyl sites for hydroxylation is 1. The van der Waals surface area contributed by atoms with Crippen LogP contribution in [0.5, 0.6) is 0 Å². The molecule has 7 rings (SSSR count). The Labute approximate surface area is 183 Å². The summed E-state index contributed by atoms with van der Waals surface area (Å²) in [5, 5.41) is 14.7. The molecule has 1 spiro atoms. The number of rotatable bonds is 2. The van der Waals surface area contributed by atoms with Crippen molar-refractivity contribution in [2.75, 3.05) is 12.0 Å². The number of hydrogen-bond acceptors (Lipinski definition) is 9. The molecule has 10 heteroatoms. The van der Waals surface area contributed by atoms with Crippen molar-refractivity contribution in [3.05, 3.63) is 39.6 Å². The largest absolute Gasteiger partial charge is 0.389 e. The molecular weight excluding hydrogens is 434 g/mol. The number of nitriles is 1. The maximum atomic E-state index is 12.0. The van der Waals surface area contributed by atoms with Crippen LogP contribution in [0.2, 0.25) is 0 Å². The number of nitrogen functional groups attached to an aromatic ring is 1. The van der Waals surface area contributed by atoms with Gasteiger partial charge in [0.25, 0.3) is 0 Å². The standard InChI is InChI=1S/C21H19N5O3S2/c1-31(27,28)14-4-6-24-20(25-14)17-15-10-7-11(8-10)21(18(15)29-26-17)5-2-3-13-16(21)12(9-22)19(23)30-13/h4,6,10-11H,2-3,5,7-8,23H2,1H3. The van der Waals surface area contributed by atoms with Crippen LogP contribution in [-0.2, 0) is 21.7 Å². The summed E-state index contributed by atoms with van der Waals surface area (Å²) in [6, 6.07) is 3.72. The van der Waals surface area contributed by atoms with E-state index in [1.165, 1.54) is 28.5 Å². The van der Waals surface area contributed by atoms with Gasteiger partial charge in [-0.25, -0.2) is 18.4 Å². The Balaban J connectivity index is 1.59. The molecule has 0 amide bonds. The Morgan fingerprint density at radius 2 is 2.19 bits per heavy atom. The van der Waals surface area contributed by atoms with Crippen molar-refractivity contribution in [1.82, 2.24) is 15.1 Å². The summed E-state index contributed by atoms with van der Waals surface area (Å²) in [6.45, 7) is 0. The fraction of sp³-hybridized carbons (Fsp3) is 0.429. The lowest BCUT2D eigenvalue weighted by atomic mass is 9.47. The summed E-state index contributed by atoms with van der Waals surface area (Å²) >= 11 is 1.51. The molecule has 0 saturated heterocycles. The van der Waals surface area contributed by atoms with Gasteiger partial charge in [-0.1, -0.05) is 5.16 Å². The first-order valence-electron chi connectivity index (χ1n) is 10.2. The van der Waals surface area contributed by atoms with Gasteiger partial charge in [-0.3, -0.25) is 0 Å². The molecule has 2 bridgehead atoms. The van der Waals surface area contributed by atoms with Gasteiger partial charge in [-0.15, -0.1) is 11.3 Å². The first kappa shape index (κ1) is 19.0. The summed E-state index contributed by atoms with van der Waals surface area (Å²) in [4.78, 5) is 9.74. The Kier molecular flexibility index (Phi) is 3.76. The molecule has 3 aromatic heterocycles. The van der Waals surface area contributed by atoms with Gasteiger partial charge in [-0.2, -0.15) is 5.26 Å². The van der Waals surface area contributed by atoms with Crippen molar-refractivity contribution in [2.45, 2.75) is 48.5 Å². The van der Waals surface area contributed by atoms with E-state index in [4.69, 9.17) is 10.3 Å². The summed E-state index contributed by atoms with van der Waals surface area (Å²) in [7, 11) is -3.47. The molecule has 0 radical (unpaired) electrons.